The predicted octanol–water partition coefficient (Wildman–Crippen LogP) is 3.09. The summed E-state index contributed by atoms with van der Waals surface area (Å²) in [5.41, 5.74) is -0.904. The molecule has 9 heteroatoms. The van der Waals surface area contributed by atoms with Gasteiger partial charge in [0.05, 0.1) is 5.69 Å². The van der Waals surface area contributed by atoms with Crippen LogP contribution in [-0.2, 0) is 15.1 Å². The van der Waals surface area contributed by atoms with E-state index in [-0.39, 0.29) is 5.69 Å². The van der Waals surface area contributed by atoms with Gasteiger partial charge in [-0.25, -0.2) is 14.0 Å². The van der Waals surface area contributed by atoms with Crippen LogP contribution in [0.1, 0.15) is 12.5 Å². The molecule has 8 nitrogen and oxygen atoms in total. The van der Waals surface area contributed by atoms with Crippen LogP contribution in [0.4, 0.5) is 19.7 Å². The van der Waals surface area contributed by atoms with E-state index in [0.29, 0.717) is 5.56 Å². The van der Waals surface area contributed by atoms with E-state index >= 15 is 0 Å². The fourth-order valence-electron chi connectivity index (χ4n) is 3.71. The van der Waals surface area contributed by atoms with Crippen molar-refractivity contribution in [3.63, 3.8) is 0 Å². The van der Waals surface area contributed by atoms with Crippen LogP contribution < -0.4 is 16.0 Å². The molecule has 1 fully saturated rings. The van der Waals surface area contributed by atoms with Gasteiger partial charge in [0.2, 0.25) is 5.91 Å². The van der Waals surface area contributed by atoms with E-state index in [1.807, 2.05) is 35.6 Å². The average Bonchev–Trinajstić information content (AvgIpc) is 2.98. The number of fused-ring (bicyclic) bond motifs is 1. The van der Waals surface area contributed by atoms with Crippen LogP contribution in [0.25, 0.3) is 10.8 Å². The molecule has 6 amide bonds. The van der Waals surface area contributed by atoms with Crippen molar-refractivity contribution in [2.24, 2.45) is 0 Å². The maximum Gasteiger partial charge on any atom is 0.326 e. The maximum atomic E-state index is 13.6. The van der Waals surface area contributed by atoms with Gasteiger partial charge in [-0.1, -0.05) is 54.6 Å². The Morgan fingerprint density at radius 1 is 1.00 bits per heavy atom. The van der Waals surface area contributed by atoms with Crippen molar-refractivity contribution >= 4 is 40.3 Å². The molecule has 1 saturated heterocycles. The first-order chi connectivity index (χ1) is 15.3. The highest BCUT2D eigenvalue weighted by atomic mass is 19.1. The minimum absolute atomic E-state index is 0.115. The molecule has 1 aliphatic rings. The lowest BCUT2D eigenvalue weighted by Gasteiger charge is -2.24. The van der Waals surface area contributed by atoms with E-state index < -0.39 is 41.8 Å². The highest BCUT2D eigenvalue weighted by Crippen LogP contribution is 2.33. The number of anilines is 1. The van der Waals surface area contributed by atoms with Crippen LogP contribution >= 0.6 is 0 Å². The standard InChI is InChI=1S/C23H19FN4O4/c1-23(16-10-6-8-14-7-2-3-9-15(14)16)20(30)28(22(32)27-23)13-19(29)26-21(31)25-18-12-5-4-11-17(18)24/h2-12H,13H2,1H3,(H,27,32)(H2,25,26,29,31). The van der Waals surface area contributed by atoms with Crippen LogP contribution in [0, 0.1) is 5.82 Å². The van der Waals surface area contributed by atoms with Crippen molar-refractivity contribution in [1.29, 1.82) is 0 Å². The molecular weight excluding hydrogens is 415 g/mol. The average molecular weight is 434 g/mol. The van der Waals surface area contributed by atoms with Gasteiger partial charge in [0.1, 0.15) is 17.9 Å². The van der Waals surface area contributed by atoms with Gasteiger partial charge in [-0.3, -0.25) is 19.8 Å². The number of para-hydroxylation sites is 1. The normalized spacial score (nSPS) is 17.9. The molecule has 4 rings (SSSR count). The van der Waals surface area contributed by atoms with Crippen molar-refractivity contribution in [3.8, 4) is 0 Å². The van der Waals surface area contributed by atoms with Crippen LogP contribution in [0.5, 0.6) is 0 Å². The largest absolute Gasteiger partial charge is 0.326 e. The van der Waals surface area contributed by atoms with Crippen LogP contribution in [0.3, 0.4) is 0 Å². The molecule has 0 bridgehead atoms. The topological polar surface area (TPSA) is 108 Å². The van der Waals surface area contributed by atoms with Crippen molar-refractivity contribution < 1.29 is 23.6 Å². The molecule has 162 valence electrons. The first-order valence-electron chi connectivity index (χ1n) is 9.77. The van der Waals surface area contributed by atoms with Crippen LogP contribution in [-0.4, -0.2) is 35.3 Å². The summed E-state index contributed by atoms with van der Waals surface area (Å²) in [5.74, 6) is -2.19. The van der Waals surface area contributed by atoms with Gasteiger partial charge >= 0.3 is 12.1 Å². The molecular formula is C23H19FN4O4. The Bertz CT molecular complexity index is 1260. The highest BCUT2D eigenvalue weighted by molar-refractivity contribution is 6.12. The number of carbonyl (C=O) groups is 4. The van der Waals surface area contributed by atoms with E-state index in [1.54, 1.807) is 19.1 Å². The number of rotatable bonds is 4. The van der Waals surface area contributed by atoms with Gasteiger partial charge in [-0.2, -0.15) is 0 Å². The number of benzene rings is 3. The molecule has 3 N–H and O–H groups in total. The summed E-state index contributed by atoms with van der Waals surface area (Å²) in [6, 6.07) is 16.6. The number of carbonyl (C=O) groups excluding carboxylic acids is 4. The summed E-state index contributed by atoms with van der Waals surface area (Å²) in [7, 11) is 0. The fourth-order valence-corrected chi connectivity index (χ4v) is 3.71. The SMILES string of the molecule is CC1(c2cccc3ccccc23)NC(=O)N(CC(=O)NC(=O)Nc2ccccc2F)C1=O. The zero-order valence-electron chi connectivity index (χ0n) is 17.0. The maximum absolute atomic E-state index is 13.6. The van der Waals surface area contributed by atoms with Crippen molar-refractivity contribution in [1.82, 2.24) is 15.5 Å². The Morgan fingerprint density at radius 3 is 2.47 bits per heavy atom. The number of nitrogens with one attached hydrogen (secondary N) is 3. The summed E-state index contributed by atoms with van der Waals surface area (Å²) in [4.78, 5) is 50.7. The van der Waals surface area contributed by atoms with Gasteiger partial charge in [0.25, 0.3) is 5.91 Å². The molecule has 32 heavy (non-hydrogen) atoms. The molecule has 0 aliphatic carbocycles. The van der Waals surface area contributed by atoms with E-state index in [9.17, 15) is 23.6 Å². The first-order valence-corrected chi connectivity index (χ1v) is 9.77. The molecule has 0 aromatic heterocycles. The number of hydrogen-bond donors (Lipinski definition) is 3. The second kappa shape index (κ2) is 8.10. The highest BCUT2D eigenvalue weighted by Gasteiger charge is 2.50. The third kappa shape index (κ3) is 3.76. The quantitative estimate of drug-likeness (QED) is 0.549. The molecule has 3 aromatic carbocycles. The Morgan fingerprint density at radius 2 is 1.69 bits per heavy atom. The Balaban J connectivity index is 1.49. The molecule has 3 aromatic rings. The second-order valence-corrected chi connectivity index (χ2v) is 7.46. The number of urea groups is 2. The van der Waals surface area contributed by atoms with Crippen molar-refractivity contribution in [2.45, 2.75) is 12.5 Å². The van der Waals surface area contributed by atoms with Gasteiger partial charge < -0.3 is 10.6 Å². The second-order valence-electron chi connectivity index (χ2n) is 7.46. The summed E-state index contributed by atoms with van der Waals surface area (Å²) >= 11 is 0. The van der Waals surface area contributed by atoms with Crippen LogP contribution in [0.2, 0.25) is 0 Å². The number of hydrogen-bond acceptors (Lipinski definition) is 4. The molecule has 1 heterocycles. The Kier molecular flexibility index (Phi) is 5.31. The van der Waals surface area contributed by atoms with Gasteiger partial charge in [-0.05, 0) is 35.4 Å². The molecule has 0 spiro atoms. The van der Waals surface area contributed by atoms with E-state index in [2.05, 4.69) is 10.6 Å². The van der Waals surface area contributed by atoms with Crippen molar-refractivity contribution in [3.05, 3.63) is 78.1 Å². The summed E-state index contributed by atoms with van der Waals surface area (Å²) in [6.45, 7) is 0.896. The number of amides is 6. The fraction of sp³-hybridized carbons (Fsp3) is 0.130. The summed E-state index contributed by atoms with van der Waals surface area (Å²) in [6.07, 6.45) is 0. The Hall–Kier alpha value is -4.27. The summed E-state index contributed by atoms with van der Waals surface area (Å²) in [5, 5.41) is 8.53. The number of halogens is 1. The van der Waals surface area contributed by atoms with Crippen molar-refractivity contribution in [2.75, 3.05) is 11.9 Å². The van der Waals surface area contributed by atoms with Gasteiger partial charge in [-0.15, -0.1) is 0 Å². The first kappa shape index (κ1) is 21.0. The summed E-state index contributed by atoms with van der Waals surface area (Å²) < 4.78 is 13.6. The third-order valence-corrected chi connectivity index (χ3v) is 5.28. The third-order valence-electron chi connectivity index (χ3n) is 5.28. The minimum Gasteiger partial charge on any atom is -0.319 e. The van der Waals surface area contributed by atoms with Gasteiger partial charge in [0, 0.05) is 0 Å². The zero-order chi connectivity index (χ0) is 22.9. The molecule has 1 unspecified atom stereocenters. The number of imide groups is 2. The van der Waals surface area contributed by atoms with E-state index in [4.69, 9.17) is 0 Å². The lowest BCUT2D eigenvalue weighted by Crippen LogP contribution is -2.45. The predicted molar refractivity (Wildman–Crippen MR) is 115 cm³/mol. The van der Waals surface area contributed by atoms with E-state index in [0.717, 1.165) is 21.7 Å². The zero-order valence-corrected chi connectivity index (χ0v) is 17.0. The smallest absolute Gasteiger partial charge is 0.319 e. The van der Waals surface area contributed by atoms with Crippen LogP contribution in [0.15, 0.2) is 66.7 Å². The lowest BCUT2D eigenvalue weighted by molar-refractivity contribution is -0.134. The van der Waals surface area contributed by atoms with E-state index in [1.165, 1.54) is 18.2 Å². The minimum atomic E-state index is -1.38. The molecule has 0 saturated carbocycles. The van der Waals surface area contributed by atoms with Gasteiger partial charge in [0.15, 0.2) is 0 Å². The number of nitrogens with zero attached hydrogens (tertiary/aromatic N) is 1. The molecule has 1 aliphatic heterocycles. The lowest BCUT2D eigenvalue weighted by atomic mass is 9.88. The molecule has 0 radical (unpaired) electrons. The molecule has 1 atom stereocenters. The Labute approximate surface area is 182 Å². The monoisotopic (exact) mass is 434 g/mol.